The summed E-state index contributed by atoms with van der Waals surface area (Å²) in [5.74, 6) is 0.542. The van der Waals surface area contributed by atoms with Crippen molar-refractivity contribution in [1.29, 1.82) is 0 Å². The van der Waals surface area contributed by atoms with Crippen molar-refractivity contribution in [2.45, 2.75) is 4.90 Å². The van der Waals surface area contributed by atoms with Gasteiger partial charge in [0.25, 0.3) is 0 Å². The molecule has 9 heteroatoms. The van der Waals surface area contributed by atoms with Crippen LogP contribution in [0.5, 0.6) is 17.2 Å². The van der Waals surface area contributed by atoms with Gasteiger partial charge in [-0.2, -0.15) is 4.31 Å². The van der Waals surface area contributed by atoms with Gasteiger partial charge in [0.2, 0.25) is 16.8 Å². The number of rotatable bonds is 5. The van der Waals surface area contributed by atoms with Gasteiger partial charge in [-0.15, -0.1) is 0 Å². The quantitative estimate of drug-likeness (QED) is 0.582. The molecule has 0 aromatic heterocycles. The number of nitrogens with zero attached hydrogens (tertiary/aromatic N) is 1. The molecule has 3 rings (SSSR count). The number of ether oxygens (including phenoxy) is 3. The van der Waals surface area contributed by atoms with Crippen molar-refractivity contribution in [3.8, 4) is 17.2 Å². The number of sulfonamides is 1. The van der Waals surface area contributed by atoms with E-state index in [1.54, 1.807) is 12.1 Å². The molecule has 7 nitrogen and oxygen atoms in total. The first-order valence-electron chi connectivity index (χ1n) is 7.18. The van der Waals surface area contributed by atoms with Crippen molar-refractivity contribution in [1.82, 2.24) is 4.31 Å². The lowest BCUT2D eigenvalue weighted by Gasteiger charge is -2.16. The Kier molecular flexibility index (Phi) is 4.85. The van der Waals surface area contributed by atoms with E-state index in [2.05, 4.69) is 0 Å². The Morgan fingerprint density at radius 2 is 1.84 bits per heavy atom. The number of carbonyl (C=O) groups excluding carboxylic acids is 1. The maximum absolute atomic E-state index is 12.4. The molecule has 132 valence electrons. The Morgan fingerprint density at radius 1 is 1.16 bits per heavy atom. The summed E-state index contributed by atoms with van der Waals surface area (Å²) in [6.07, 6.45) is 0. The van der Waals surface area contributed by atoms with Crippen LogP contribution in [0.25, 0.3) is 0 Å². The number of hydrogen-bond acceptors (Lipinski definition) is 6. The van der Waals surface area contributed by atoms with Crippen molar-refractivity contribution in [2.24, 2.45) is 0 Å². The predicted octanol–water partition coefficient (Wildman–Crippen LogP) is 2.29. The van der Waals surface area contributed by atoms with Crippen LogP contribution in [0.1, 0.15) is 0 Å². The lowest BCUT2D eigenvalue weighted by molar-refractivity contribution is -0.134. The Bertz CT molecular complexity index is 897. The minimum Gasteiger partial charge on any atom is -0.454 e. The second-order valence-corrected chi connectivity index (χ2v) is 7.69. The average Bonchev–Trinajstić information content (AvgIpc) is 3.02. The fourth-order valence-electron chi connectivity index (χ4n) is 2.16. The van der Waals surface area contributed by atoms with E-state index in [1.807, 2.05) is 0 Å². The van der Waals surface area contributed by atoms with Gasteiger partial charge in [0.15, 0.2) is 11.5 Å². The van der Waals surface area contributed by atoms with Gasteiger partial charge in [-0.3, -0.25) is 4.79 Å². The molecule has 2 aromatic carbocycles. The second kappa shape index (κ2) is 6.91. The highest BCUT2D eigenvalue weighted by atomic mass is 35.5. The van der Waals surface area contributed by atoms with Gasteiger partial charge in [-0.05, 0) is 36.4 Å². The molecule has 0 atom stereocenters. The lowest BCUT2D eigenvalue weighted by atomic mass is 10.3. The summed E-state index contributed by atoms with van der Waals surface area (Å²) in [6, 6.07) is 10.3. The second-order valence-electron chi connectivity index (χ2n) is 5.20. The first-order valence-corrected chi connectivity index (χ1v) is 9.00. The summed E-state index contributed by atoms with van der Waals surface area (Å²) in [7, 11) is -2.53. The first-order chi connectivity index (χ1) is 11.9. The Balaban J connectivity index is 1.66. The van der Waals surface area contributed by atoms with Gasteiger partial charge in [0, 0.05) is 18.1 Å². The molecule has 0 saturated carbocycles. The van der Waals surface area contributed by atoms with Crippen LogP contribution in [0, 0.1) is 0 Å². The van der Waals surface area contributed by atoms with Crippen molar-refractivity contribution >= 4 is 27.6 Å². The molecule has 0 N–H and O–H groups in total. The van der Waals surface area contributed by atoms with Gasteiger partial charge >= 0.3 is 5.97 Å². The molecule has 1 aliphatic rings. The van der Waals surface area contributed by atoms with E-state index in [9.17, 15) is 13.2 Å². The molecule has 0 spiro atoms. The number of halogens is 1. The highest BCUT2D eigenvalue weighted by Crippen LogP contribution is 2.35. The summed E-state index contributed by atoms with van der Waals surface area (Å²) in [5.41, 5.74) is 0. The normalized spacial score (nSPS) is 13.1. The summed E-state index contributed by atoms with van der Waals surface area (Å²) in [4.78, 5) is 12.1. The van der Waals surface area contributed by atoms with E-state index >= 15 is 0 Å². The minimum atomic E-state index is -3.82. The third kappa shape index (κ3) is 3.87. The smallest absolute Gasteiger partial charge is 0.326 e. The van der Waals surface area contributed by atoms with Crippen LogP contribution < -0.4 is 14.2 Å². The molecular weight excluding hydrogens is 370 g/mol. The first kappa shape index (κ1) is 17.5. The fraction of sp³-hybridized carbons (Fsp3) is 0.188. The van der Waals surface area contributed by atoms with Crippen LogP contribution >= 0.6 is 11.6 Å². The zero-order valence-electron chi connectivity index (χ0n) is 13.1. The molecule has 0 saturated heterocycles. The van der Waals surface area contributed by atoms with Crippen molar-refractivity contribution in [2.75, 3.05) is 20.4 Å². The number of carbonyl (C=O) groups is 1. The number of esters is 1. The molecule has 0 aliphatic carbocycles. The Labute approximate surface area is 149 Å². The van der Waals surface area contributed by atoms with Gasteiger partial charge in [-0.1, -0.05) is 11.6 Å². The molecule has 0 amide bonds. The number of fused-ring (bicyclic) bond motifs is 1. The van der Waals surface area contributed by atoms with Crippen molar-refractivity contribution in [3.05, 3.63) is 47.5 Å². The summed E-state index contributed by atoms with van der Waals surface area (Å²) in [5, 5.41) is 0.420. The van der Waals surface area contributed by atoms with Gasteiger partial charge in [0.05, 0.1) is 4.90 Å². The molecule has 0 bridgehead atoms. The number of benzene rings is 2. The molecule has 0 radical (unpaired) electrons. The molecule has 1 aliphatic heterocycles. The highest BCUT2D eigenvalue weighted by molar-refractivity contribution is 7.89. The molecular formula is C16H14ClNO6S. The zero-order valence-corrected chi connectivity index (χ0v) is 14.7. The van der Waals surface area contributed by atoms with Crippen molar-refractivity contribution in [3.63, 3.8) is 0 Å². The molecule has 2 aromatic rings. The Morgan fingerprint density at radius 3 is 2.56 bits per heavy atom. The SMILES string of the molecule is CN(CC(=O)Oc1ccc2c(c1)OCO2)S(=O)(=O)c1ccc(Cl)cc1. The van der Waals surface area contributed by atoms with E-state index in [0.29, 0.717) is 16.5 Å². The fourth-order valence-corrected chi connectivity index (χ4v) is 3.40. The van der Waals surface area contributed by atoms with E-state index in [1.165, 1.54) is 37.4 Å². The highest BCUT2D eigenvalue weighted by Gasteiger charge is 2.24. The van der Waals surface area contributed by atoms with Crippen LogP contribution in [-0.2, 0) is 14.8 Å². The van der Waals surface area contributed by atoms with E-state index in [0.717, 1.165) is 4.31 Å². The van der Waals surface area contributed by atoms with Gasteiger partial charge in [0.1, 0.15) is 12.3 Å². The number of likely N-dealkylation sites (N-methyl/N-ethyl adjacent to an activating group) is 1. The lowest BCUT2D eigenvalue weighted by Crippen LogP contribution is -2.34. The van der Waals surface area contributed by atoms with Crippen LogP contribution in [0.15, 0.2) is 47.4 Å². The third-order valence-corrected chi connectivity index (χ3v) is 5.52. The molecule has 25 heavy (non-hydrogen) atoms. The number of hydrogen-bond donors (Lipinski definition) is 0. The topological polar surface area (TPSA) is 82.1 Å². The summed E-state index contributed by atoms with van der Waals surface area (Å²) < 4.78 is 41.3. The van der Waals surface area contributed by atoms with Gasteiger partial charge in [-0.25, -0.2) is 8.42 Å². The van der Waals surface area contributed by atoms with Crippen LogP contribution in [0.3, 0.4) is 0 Å². The van der Waals surface area contributed by atoms with Crippen LogP contribution in [0.4, 0.5) is 0 Å². The van der Waals surface area contributed by atoms with E-state index in [-0.39, 0.29) is 17.4 Å². The minimum absolute atomic E-state index is 0.0373. The monoisotopic (exact) mass is 383 g/mol. The van der Waals surface area contributed by atoms with Crippen molar-refractivity contribution < 1.29 is 27.4 Å². The maximum atomic E-state index is 12.4. The zero-order chi connectivity index (χ0) is 18.0. The van der Waals surface area contributed by atoms with Crippen LogP contribution in [-0.4, -0.2) is 39.1 Å². The summed E-state index contributed by atoms with van der Waals surface area (Å²) >= 11 is 5.75. The van der Waals surface area contributed by atoms with Crippen LogP contribution in [0.2, 0.25) is 5.02 Å². The molecule has 1 heterocycles. The standard InChI is InChI=1S/C16H14ClNO6S/c1-18(25(20,21)13-5-2-11(17)3-6-13)9-16(19)24-12-4-7-14-15(8-12)23-10-22-14/h2-8H,9-10H2,1H3. The van der Waals surface area contributed by atoms with Gasteiger partial charge < -0.3 is 14.2 Å². The Hall–Kier alpha value is -2.29. The maximum Gasteiger partial charge on any atom is 0.326 e. The third-order valence-electron chi connectivity index (χ3n) is 3.45. The largest absolute Gasteiger partial charge is 0.454 e. The molecule has 0 fully saturated rings. The predicted molar refractivity (Wildman–Crippen MR) is 89.5 cm³/mol. The average molecular weight is 384 g/mol. The molecule has 0 unspecified atom stereocenters. The van der Waals surface area contributed by atoms with E-state index < -0.39 is 22.5 Å². The van der Waals surface area contributed by atoms with E-state index in [4.69, 9.17) is 25.8 Å². The summed E-state index contributed by atoms with van der Waals surface area (Å²) in [6.45, 7) is -0.339.